The molecule has 0 spiro atoms. The van der Waals surface area contributed by atoms with Gasteiger partial charge >= 0.3 is 5.97 Å². The molecule has 0 aromatic rings. The van der Waals surface area contributed by atoms with Crippen molar-refractivity contribution < 1.29 is 49.3 Å². The molecule has 11 heteroatoms. The largest absolute Gasteiger partial charge is 0.454 e. The lowest BCUT2D eigenvalue weighted by Gasteiger charge is -2.41. The highest BCUT2D eigenvalue weighted by molar-refractivity contribution is 5.80. The van der Waals surface area contributed by atoms with E-state index in [1.165, 1.54) is 103 Å². The maximum absolute atomic E-state index is 13.3. The molecule has 1 fully saturated rings. The van der Waals surface area contributed by atoms with Crippen molar-refractivity contribution in [1.29, 1.82) is 0 Å². The summed E-state index contributed by atoms with van der Waals surface area (Å²) in [5, 5.41) is 56.8. The molecule has 6 N–H and O–H groups in total. The molecule has 0 radical (unpaired) electrons. The van der Waals surface area contributed by atoms with Crippen molar-refractivity contribution in [3.05, 3.63) is 97.2 Å². The minimum atomic E-state index is -1.63. The molecule has 1 rings (SSSR count). The zero-order valence-electron chi connectivity index (χ0n) is 48.1. The number of nitrogens with one attached hydrogen (secondary N) is 1. The van der Waals surface area contributed by atoms with Gasteiger partial charge in [0.05, 0.1) is 25.4 Å². The van der Waals surface area contributed by atoms with Crippen molar-refractivity contribution in [2.45, 2.75) is 288 Å². The summed E-state index contributed by atoms with van der Waals surface area (Å²) in [5.41, 5.74) is 0. The van der Waals surface area contributed by atoms with Crippen molar-refractivity contribution in [1.82, 2.24) is 5.32 Å². The molecule has 0 saturated carbocycles. The summed E-state index contributed by atoms with van der Waals surface area (Å²) in [5.74, 6) is -1.25. The molecule has 8 unspecified atom stereocenters. The van der Waals surface area contributed by atoms with Gasteiger partial charge in [0.2, 0.25) is 5.91 Å². The summed E-state index contributed by atoms with van der Waals surface area (Å²) in [6, 6.07) is -1.05. The average molecular weight is 1070 g/mol. The first-order valence-electron chi connectivity index (χ1n) is 30.6. The molecule has 76 heavy (non-hydrogen) atoms. The number of aliphatic hydroxyl groups excluding tert-OH is 5. The Labute approximate surface area is 463 Å². The van der Waals surface area contributed by atoms with Crippen LogP contribution in [0, 0.1) is 0 Å². The highest BCUT2D eigenvalue weighted by atomic mass is 16.7. The fraction of sp³-hybridized carbons (Fsp3) is 0.723. The van der Waals surface area contributed by atoms with Crippen LogP contribution in [0.15, 0.2) is 97.2 Å². The van der Waals surface area contributed by atoms with E-state index in [4.69, 9.17) is 14.2 Å². The van der Waals surface area contributed by atoms with Gasteiger partial charge in [-0.15, -0.1) is 0 Å². The number of allylic oxidation sites excluding steroid dienone is 15. The first-order valence-corrected chi connectivity index (χ1v) is 30.6. The van der Waals surface area contributed by atoms with Gasteiger partial charge in [-0.1, -0.05) is 246 Å². The topological polar surface area (TPSA) is 175 Å². The number of ether oxygens (including phenoxy) is 3. The molecule has 0 aliphatic carbocycles. The maximum atomic E-state index is 13.3. The van der Waals surface area contributed by atoms with Crippen LogP contribution < -0.4 is 5.32 Å². The number of rotatable bonds is 50. The van der Waals surface area contributed by atoms with Gasteiger partial charge in [0.15, 0.2) is 12.4 Å². The number of esters is 1. The second-order valence-electron chi connectivity index (χ2n) is 20.8. The zero-order valence-corrected chi connectivity index (χ0v) is 48.1. The van der Waals surface area contributed by atoms with E-state index in [0.717, 1.165) is 89.9 Å². The molecular weight excluding hydrogens is 955 g/mol. The van der Waals surface area contributed by atoms with Crippen LogP contribution in [0.1, 0.15) is 239 Å². The predicted octanol–water partition coefficient (Wildman–Crippen LogP) is 14.3. The molecule has 1 heterocycles. The van der Waals surface area contributed by atoms with Gasteiger partial charge < -0.3 is 45.1 Å². The lowest BCUT2D eigenvalue weighted by atomic mass is 9.99. The standard InChI is InChI=1S/C65H111NO10/c1-4-7-10-13-16-19-22-25-26-27-28-29-30-31-32-33-34-35-38-41-44-47-50-53-60(70)76-63-62(72)61(71)59(54-67)75-65(63)74-55-56(57(68)51-48-45-42-39-36-23-20-17-14-11-8-5-2)66-64(73)58(69)52-49-46-43-40-37-24-21-18-15-12-9-6-3/h9,12,15-16,18-19,21,24-26,28-29,37,40,48,51,56-59,61-63,65,67-69,71-72H,4-8,10-11,13-14,17,20,22-23,27,30-36,38-39,41-47,49-50,52-55H2,1-3H3,(H,66,73)/b12-9+,18-15+,19-16-,24-21-,26-25-,29-28-,40-37-,51-48+. The number of hydrogen-bond donors (Lipinski definition) is 6. The summed E-state index contributed by atoms with van der Waals surface area (Å²) >= 11 is 0. The number of carbonyl (C=O) groups excluding carboxylic acids is 2. The van der Waals surface area contributed by atoms with Crippen LogP contribution in [0.25, 0.3) is 0 Å². The molecular formula is C65H111NO10. The smallest absolute Gasteiger partial charge is 0.306 e. The fourth-order valence-electron chi connectivity index (χ4n) is 8.96. The van der Waals surface area contributed by atoms with Crippen LogP contribution in [0.3, 0.4) is 0 Å². The number of carbonyl (C=O) groups is 2. The number of aliphatic hydroxyl groups is 5. The Morgan fingerprint density at radius 3 is 1.57 bits per heavy atom. The maximum Gasteiger partial charge on any atom is 0.306 e. The Bertz CT molecular complexity index is 1600. The van der Waals surface area contributed by atoms with Gasteiger partial charge in [-0.25, -0.2) is 0 Å². The molecule has 1 aliphatic heterocycles. The quantitative estimate of drug-likeness (QED) is 0.0149. The van der Waals surface area contributed by atoms with E-state index in [1.54, 1.807) is 6.08 Å². The summed E-state index contributed by atoms with van der Waals surface area (Å²) in [6.45, 7) is 5.57. The Morgan fingerprint density at radius 1 is 0.539 bits per heavy atom. The molecule has 1 aliphatic rings. The first-order chi connectivity index (χ1) is 37.2. The molecule has 0 aromatic heterocycles. The molecule has 8 atom stereocenters. The van der Waals surface area contributed by atoms with E-state index in [0.29, 0.717) is 12.8 Å². The van der Waals surface area contributed by atoms with Crippen LogP contribution in [0.4, 0.5) is 0 Å². The zero-order chi connectivity index (χ0) is 55.4. The molecule has 0 aromatic carbocycles. The van der Waals surface area contributed by atoms with Crippen molar-refractivity contribution in [2.24, 2.45) is 0 Å². The van der Waals surface area contributed by atoms with Gasteiger partial charge in [0, 0.05) is 6.42 Å². The lowest BCUT2D eigenvalue weighted by Crippen LogP contribution is -2.61. The van der Waals surface area contributed by atoms with Crippen LogP contribution in [-0.4, -0.2) is 99.6 Å². The lowest BCUT2D eigenvalue weighted by molar-refractivity contribution is -0.305. The molecule has 1 saturated heterocycles. The van der Waals surface area contributed by atoms with Crippen molar-refractivity contribution in [3.8, 4) is 0 Å². The third kappa shape index (κ3) is 39.9. The second-order valence-corrected chi connectivity index (χ2v) is 20.8. The van der Waals surface area contributed by atoms with Gasteiger partial charge in [-0.3, -0.25) is 9.59 Å². The highest BCUT2D eigenvalue weighted by Gasteiger charge is 2.47. The van der Waals surface area contributed by atoms with E-state index < -0.39 is 67.4 Å². The van der Waals surface area contributed by atoms with Gasteiger partial charge in [-0.2, -0.15) is 0 Å². The summed E-state index contributed by atoms with van der Waals surface area (Å²) < 4.78 is 17.6. The van der Waals surface area contributed by atoms with E-state index in [9.17, 15) is 35.1 Å². The normalized spacial score (nSPS) is 19.8. The first kappa shape index (κ1) is 70.6. The van der Waals surface area contributed by atoms with Gasteiger partial charge in [0.1, 0.15) is 24.4 Å². The Morgan fingerprint density at radius 2 is 1.00 bits per heavy atom. The van der Waals surface area contributed by atoms with Crippen LogP contribution in [-0.2, 0) is 23.8 Å². The SMILES string of the molecule is CC/C=C/C=C/C=C\C=C/CCCCC(O)C(=O)NC(COC1OC(CO)C(O)C(O)C1OC(=O)CCCCCCCCCCCC/C=C\C/C=C\C/C=C\CCCCC)C(O)/C=C/CCCCCCCCCCCC. The van der Waals surface area contributed by atoms with Gasteiger partial charge in [-0.05, 0) is 83.5 Å². The van der Waals surface area contributed by atoms with Crippen molar-refractivity contribution >= 4 is 11.9 Å². The summed E-state index contributed by atoms with van der Waals surface area (Å²) in [7, 11) is 0. The van der Waals surface area contributed by atoms with E-state index in [-0.39, 0.29) is 19.4 Å². The number of hydrogen-bond acceptors (Lipinski definition) is 10. The molecule has 11 nitrogen and oxygen atoms in total. The van der Waals surface area contributed by atoms with Gasteiger partial charge in [0.25, 0.3) is 0 Å². The number of unbranched alkanes of at least 4 members (excludes halogenated alkanes) is 25. The Hall–Kier alpha value is -3.42. The third-order valence-electron chi connectivity index (χ3n) is 13.8. The van der Waals surface area contributed by atoms with E-state index in [1.807, 2.05) is 48.6 Å². The van der Waals surface area contributed by atoms with Crippen LogP contribution in [0.5, 0.6) is 0 Å². The molecule has 1 amide bonds. The predicted molar refractivity (Wildman–Crippen MR) is 315 cm³/mol. The Kier molecular flexibility index (Phi) is 48.6. The second kappa shape index (κ2) is 52.3. The highest BCUT2D eigenvalue weighted by Crippen LogP contribution is 2.26. The van der Waals surface area contributed by atoms with Crippen molar-refractivity contribution in [3.63, 3.8) is 0 Å². The number of amides is 1. The Balaban J connectivity index is 2.65. The average Bonchev–Trinajstić information content (AvgIpc) is 3.42. The summed E-state index contributed by atoms with van der Waals surface area (Å²) in [6.07, 6.45) is 58.8. The van der Waals surface area contributed by atoms with E-state index >= 15 is 0 Å². The summed E-state index contributed by atoms with van der Waals surface area (Å²) in [4.78, 5) is 26.5. The fourth-order valence-corrected chi connectivity index (χ4v) is 8.96. The monoisotopic (exact) mass is 1070 g/mol. The van der Waals surface area contributed by atoms with Crippen LogP contribution in [0.2, 0.25) is 0 Å². The van der Waals surface area contributed by atoms with Crippen molar-refractivity contribution in [2.75, 3.05) is 13.2 Å². The molecule has 436 valence electrons. The third-order valence-corrected chi connectivity index (χ3v) is 13.8. The minimum absolute atomic E-state index is 0.109. The minimum Gasteiger partial charge on any atom is -0.454 e. The van der Waals surface area contributed by atoms with E-state index in [2.05, 4.69) is 68.6 Å². The van der Waals surface area contributed by atoms with Crippen LogP contribution >= 0.6 is 0 Å². The molecule has 0 bridgehead atoms.